The molecule has 0 spiro atoms. The van der Waals surface area contributed by atoms with Crippen LogP contribution in [-0.4, -0.2) is 58.7 Å². The average molecular weight is 542 g/mol. The molecule has 1 aliphatic carbocycles. The summed E-state index contributed by atoms with van der Waals surface area (Å²) in [7, 11) is -1.78. The molecular formula is C28H35N3O6S. The first kappa shape index (κ1) is 27.6. The van der Waals surface area contributed by atoms with E-state index in [-0.39, 0.29) is 17.7 Å². The van der Waals surface area contributed by atoms with E-state index < -0.39 is 34.4 Å². The molecule has 0 bridgehead atoms. The van der Waals surface area contributed by atoms with Crippen LogP contribution in [0.5, 0.6) is 11.5 Å². The van der Waals surface area contributed by atoms with Crippen molar-refractivity contribution < 1.29 is 28.1 Å². The van der Waals surface area contributed by atoms with Gasteiger partial charge in [-0.1, -0.05) is 37.0 Å². The van der Waals surface area contributed by atoms with Crippen LogP contribution in [0.15, 0.2) is 42.5 Å². The summed E-state index contributed by atoms with van der Waals surface area (Å²) in [6.07, 6.45) is 5.11. The minimum Gasteiger partial charge on any atom is -0.486 e. The third-order valence-electron chi connectivity index (χ3n) is 6.70. The smallest absolute Gasteiger partial charge is 0.243 e. The summed E-state index contributed by atoms with van der Waals surface area (Å²) < 4.78 is 24.1. The summed E-state index contributed by atoms with van der Waals surface area (Å²) in [6, 6.07) is 11.5. The van der Waals surface area contributed by atoms with Crippen LogP contribution in [0.1, 0.15) is 44.6 Å². The molecule has 2 aliphatic rings. The Morgan fingerprint density at radius 3 is 2.37 bits per heavy atom. The molecule has 38 heavy (non-hydrogen) atoms. The number of hydrogen-bond donors (Lipinski definition) is 2. The zero-order valence-corrected chi connectivity index (χ0v) is 22.7. The van der Waals surface area contributed by atoms with E-state index in [1.54, 1.807) is 37.3 Å². The highest BCUT2D eigenvalue weighted by molar-refractivity contribution is 7.86. The van der Waals surface area contributed by atoms with Gasteiger partial charge >= 0.3 is 0 Å². The molecule has 2 atom stereocenters. The maximum atomic E-state index is 13.5. The van der Waals surface area contributed by atoms with Crippen LogP contribution >= 0.6 is 0 Å². The van der Waals surface area contributed by atoms with E-state index in [2.05, 4.69) is 10.6 Å². The summed E-state index contributed by atoms with van der Waals surface area (Å²) in [5.74, 6) is -0.951. The van der Waals surface area contributed by atoms with Crippen molar-refractivity contribution in [3.63, 3.8) is 0 Å². The third-order valence-corrected chi connectivity index (χ3v) is 7.86. The standard InChI is InChI=1S/C28H35N3O6S/c1-19-8-10-22(11-9-19)29-26(32)17-38(35)18-27(33)31(20(2)28(34)30-21-6-4-3-5-7-21)23-12-13-24-25(16-23)37-15-14-36-24/h8-13,16,20-21H,3-7,14-15,17-18H2,1-2H3,(H,29,32)(H,30,34)/t20-,38+/m1/s1. The molecule has 0 aromatic heterocycles. The van der Waals surface area contributed by atoms with Gasteiger partial charge in [0.05, 0.1) is 0 Å². The second-order valence-electron chi connectivity index (χ2n) is 9.75. The van der Waals surface area contributed by atoms with Crippen molar-refractivity contribution in [1.82, 2.24) is 5.32 Å². The average Bonchev–Trinajstić information content (AvgIpc) is 2.90. The molecule has 0 radical (unpaired) electrons. The third kappa shape index (κ3) is 7.34. The van der Waals surface area contributed by atoms with E-state index in [0.29, 0.717) is 36.1 Å². The number of aryl methyl sites for hydroxylation is 1. The van der Waals surface area contributed by atoms with Crippen LogP contribution in [0.2, 0.25) is 0 Å². The lowest BCUT2D eigenvalue weighted by molar-refractivity contribution is -0.126. The van der Waals surface area contributed by atoms with Crippen molar-refractivity contribution in [3.8, 4) is 11.5 Å². The minimum atomic E-state index is -1.78. The Bertz CT molecular complexity index is 1180. The Hall–Kier alpha value is -3.40. The molecule has 2 aromatic rings. The van der Waals surface area contributed by atoms with E-state index in [4.69, 9.17) is 9.47 Å². The molecule has 0 unspecified atom stereocenters. The molecule has 0 saturated heterocycles. The van der Waals surface area contributed by atoms with Gasteiger partial charge in [-0.2, -0.15) is 0 Å². The summed E-state index contributed by atoms with van der Waals surface area (Å²) in [5, 5.41) is 5.78. The molecule has 1 aliphatic heterocycles. The van der Waals surface area contributed by atoms with Crippen molar-refractivity contribution in [2.75, 3.05) is 34.9 Å². The van der Waals surface area contributed by atoms with Crippen LogP contribution in [0.4, 0.5) is 11.4 Å². The zero-order valence-electron chi connectivity index (χ0n) is 21.9. The highest BCUT2D eigenvalue weighted by Gasteiger charge is 2.31. The van der Waals surface area contributed by atoms with E-state index in [1.807, 2.05) is 19.1 Å². The molecule has 2 N–H and O–H groups in total. The maximum absolute atomic E-state index is 13.5. The lowest BCUT2D eigenvalue weighted by atomic mass is 9.95. The normalized spacial score (nSPS) is 16.7. The summed E-state index contributed by atoms with van der Waals surface area (Å²) in [4.78, 5) is 40.5. The molecule has 10 heteroatoms. The molecule has 9 nitrogen and oxygen atoms in total. The van der Waals surface area contributed by atoms with Crippen LogP contribution < -0.4 is 25.0 Å². The van der Waals surface area contributed by atoms with Gasteiger partial charge in [-0.05, 0) is 51.0 Å². The number of nitrogens with zero attached hydrogens (tertiary/aromatic N) is 1. The van der Waals surface area contributed by atoms with Crippen molar-refractivity contribution in [1.29, 1.82) is 0 Å². The second kappa shape index (κ2) is 12.9. The Morgan fingerprint density at radius 2 is 1.66 bits per heavy atom. The van der Waals surface area contributed by atoms with Gasteiger partial charge in [0, 0.05) is 34.3 Å². The number of amides is 3. The Labute approximate surface area is 225 Å². The number of nitrogens with one attached hydrogen (secondary N) is 2. The largest absolute Gasteiger partial charge is 0.486 e. The topological polar surface area (TPSA) is 114 Å². The van der Waals surface area contributed by atoms with Crippen molar-refractivity contribution in [2.45, 2.75) is 58.0 Å². The number of carbonyl (C=O) groups is 3. The molecular weight excluding hydrogens is 506 g/mol. The van der Waals surface area contributed by atoms with Gasteiger partial charge in [-0.15, -0.1) is 0 Å². The van der Waals surface area contributed by atoms with Gasteiger partial charge in [0.25, 0.3) is 0 Å². The van der Waals surface area contributed by atoms with Gasteiger partial charge in [0.15, 0.2) is 11.5 Å². The van der Waals surface area contributed by atoms with Crippen LogP contribution in [0.25, 0.3) is 0 Å². The fraction of sp³-hybridized carbons (Fsp3) is 0.464. The lowest BCUT2D eigenvalue weighted by Gasteiger charge is -2.31. The number of benzene rings is 2. The predicted molar refractivity (Wildman–Crippen MR) is 147 cm³/mol. The fourth-order valence-corrected chi connectivity index (χ4v) is 5.57. The number of rotatable bonds is 9. The SMILES string of the molecule is Cc1ccc(NC(=O)C[S@](=O)CC(=O)N(c2ccc3c(c2)OCCO3)[C@H](C)C(=O)NC2CCCCC2)cc1. The number of anilines is 2. The number of ether oxygens (including phenoxy) is 2. The zero-order chi connectivity index (χ0) is 27.1. The van der Waals surface area contributed by atoms with Crippen LogP contribution in [-0.2, 0) is 25.2 Å². The van der Waals surface area contributed by atoms with Gasteiger partial charge in [0.1, 0.15) is 30.8 Å². The number of carbonyl (C=O) groups excluding carboxylic acids is 3. The second-order valence-corrected chi connectivity index (χ2v) is 11.2. The first-order valence-electron chi connectivity index (χ1n) is 13.0. The van der Waals surface area contributed by atoms with Gasteiger partial charge in [-0.3, -0.25) is 23.5 Å². The van der Waals surface area contributed by atoms with Crippen molar-refractivity contribution >= 4 is 39.9 Å². The van der Waals surface area contributed by atoms with Crippen LogP contribution in [0, 0.1) is 6.92 Å². The number of hydrogen-bond acceptors (Lipinski definition) is 6. The van der Waals surface area contributed by atoms with E-state index in [9.17, 15) is 18.6 Å². The lowest BCUT2D eigenvalue weighted by Crippen LogP contribution is -2.52. The van der Waals surface area contributed by atoms with Crippen molar-refractivity contribution in [3.05, 3.63) is 48.0 Å². The first-order chi connectivity index (χ1) is 18.3. The molecule has 1 fully saturated rings. The van der Waals surface area contributed by atoms with E-state index in [1.165, 1.54) is 4.90 Å². The van der Waals surface area contributed by atoms with E-state index >= 15 is 0 Å². The molecule has 204 valence electrons. The van der Waals surface area contributed by atoms with Gasteiger partial charge in [-0.25, -0.2) is 0 Å². The summed E-state index contributed by atoms with van der Waals surface area (Å²) in [5.41, 5.74) is 2.08. The van der Waals surface area contributed by atoms with Gasteiger partial charge < -0.3 is 20.1 Å². The maximum Gasteiger partial charge on any atom is 0.243 e. The fourth-order valence-electron chi connectivity index (χ4n) is 4.69. The monoisotopic (exact) mass is 541 g/mol. The predicted octanol–water partition coefficient (Wildman–Crippen LogP) is 3.32. The molecule has 1 saturated carbocycles. The van der Waals surface area contributed by atoms with E-state index in [0.717, 1.165) is 37.7 Å². The highest BCUT2D eigenvalue weighted by atomic mass is 32.2. The summed E-state index contributed by atoms with van der Waals surface area (Å²) >= 11 is 0. The molecule has 3 amide bonds. The Balaban J connectivity index is 1.46. The quantitative estimate of drug-likeness (QED) is 0.504. The minimum absolute atomic E-state index is 0.0792. The first-order valence-corrected chi connectivity index (χ1v) is 14.5. The summed E-state index contributed by atoms with van der Waals surface area (Å²) in [6.45, 7) is 4.40. The Kier molecular flexibility index (Phi) is 9.38. The van der Waals surface area contributed by atoms with Crippen LogP contribution in [0.3, 0.4) is 0 Å². The highest BCUT2D eigenvalue weighted by Crippen LogP contribution is 2.35. The van der Waals surface area contributed by atoms with Gasteiger partial charge in [0.2, 0.25) is 17.7 Å². The van der Waals surface area contributed by atoms with Crippen molar-refractivity contribution in [2.24, 2.45) is 0 Å². The molecule has 4 rings (SSSR count). The molecule has 1 heterocycles. The Morgan fingerprint density at radius 1 is 0.974 bits per heavy atom. The molecule has 2 aromatic carbocycles. The number of fused-ring (bicyclic) bond motifs is 1.